The van der Waals surface area contributed by atoms with Gasteiger partial charge in [-0.15, -0.1) is 0 Å². The molecule has 0 aromatic rings. The summed E-state index contributed by atoms with van der Waals surface area (Å²) in [5.74, 6) is -0.393. The van der Waals surface area contributed by atoms with Crippen molar-refractivity contribution < 1.29 is 9.47 Å². The molecule has 0 spiro atoms. The van der Waals surface area contributed by atoms with Crippen molar-refractivity contribution in [3.8, 4) is 0 Å². The Labute approximate surface area is 99.7 Å². The van der Waals surface area contributed by atoms with Crippen molar-refractivity contribution >= 4 is 0 Å². The zero-order valence-corrected chi connectivity index (χ0v) is 11.2. The molecule has 16 heavy (non-hydrogen) atoms. The molecular formula is C13H27NO2. The van der Waals surface area contributed by atoms with Crippen LogP contribution in [0.1, 0.15) is 59.8 Å². The Balaban J connectivity index is 2.23. The first kappa shape index (κ1) is 13.9. The maximum Gasteiger partial charge on any atom is 0.166 e. The molecule has 0 aliphatic carbocycles. The van der Waals surface area contributed by atoms with Crippen molar-refractivity contribution in [1.82, 2.24) is 0 Å². The second kappa shape index (κ2) is 5.48. The van der Waals surface area contributed by atoms with Crippen LogP contribution in [0.5, 0.6) is 0 Å². The third-order valence-corrected chi connectivity index (χ3v) is 3.08. The summed E-state index contributed by atoms with van der Waals surface area (Å²) in [5, 5.41) is 0. The third kappa shape index (κ3) is 4.40. The van der Waals surface area contributed by atoms with E-state index >= 15 is 0 Å². The van der Waals surface area contributed by atoms with Crippen LogP contribution in [0.3, 0.4) is 0 Å². The van der Waals surface area contributed by atoms with Gasteiger partial charge in [0.25, 0.3) is 0 Å². The lowest BCUT2D eigenvalue weighted by atomic mass is 10.0. The zero-order valence-electron chi connectivity index (χ0n) is 11.2. The summed E-state index contributed by atoms with van der Waals surface area (Å²) < 4.78 is 11.6. The van der Waals surface area contributed by atoms with Crippen LogP contribution in [0.2, 0.25) is 0 Å². The fourth-order valence-electron chi connectivity index (χ4n) is 2.29. The Morgan fingerprint density at radius 3 is 2.44 bits per heavy atom. The van der Waals surface area contributed by atoms with Crippen molar-refractivity contribution in [3.63, 3.8) is 0 Å². The Hall–Kier alpha value is -0.120. The molecule has 96 valence electrons. The molecule has 2 atom stereocenters. The summed E-state index contributed by atoms with van der Waals surface area (Å²) in [6.45, 7) is 9.03. The van der Waals surface area contributed by atoms with Crippen LogP contribution in [0.25, 0.3) is 0 Å². The van der Waals surface area contributed by atoms with E-state index in [0.29, 0.717) is 12.6 Å². The molecule has 0 aromatic heterocycles. The van der Waals surface area contributed by atoms with Gasteiger partial charge in [0, 0.05) is 12.5 Å². The molecule has 0 saturated carbocycles. The van der Waals surface area contributed by atoms with Crippen molar-refractivity contribution in [1.29, 1.82) is 0 Å². The summed E-state index contributed by atoms with van der Waals surface area (Å²) in [5.41, 5.74) is 5.85. The minimum Gasteiger partial charge on any atom is -0.347 e. The van der Waals surface area contributed by atoms with Gasteiger partial charge in [0.1, 0.15) is 0 Å². The minimum atomic E-state index is -0.393. The van der Waals surface area contributed by atoms with Gasteiger partial charge in [0.2, 0.25) is 0 Å². The second-order valence-corrected chi connectivity index (χ2v) is 5.73. The molecule has 0 radical (unpaired) electrons. The smallest absolute Gasteiger partial charge is 0.166 e. The highest BCUT2D eigenvalue weighted by Gasteiger charge is 2.41. The van der Waals surface area contributed by atoms with Crippen molar-refractivity contribution in [2.75, 3.05) is 6.61 Å². The third-order valence-electron chi connectivity index (χ3n) is 3.08. The van der Waals surface area contributed by atoms with Crippen LogP contribution in [0, 0.1) is 0 Å². The average Bonchev–Trinajstić information content (AvgIpc) is 2.41. The van der Waals surface area contributed by atoms with E-state index in [9.17, 15) is 0 Å². The topological polar surface area (TPSA) is 44.5 Å². The summed E-state index contributed by atoms with van der Waals surface area (Å²) in [6, 6.07) is 0.336. The molecule has 1 heterocycles. The van der Waals surface area contributed by atoms with Gasteiger partial charge in [-0.05, 0) is 40.0 Å². The molecule has 1 aliphatic heterocycles. The van der Waals surface area contributed by atoms with Crippen molar-refractivity contribution in [2.24, 2.45) is 5.73 Å². The van der Waals surface area contributed by atoms with Gasteiger partial charge in [-0.2, -0.15) is 0 Å². The Kier molecular flexibility index (Phi) is 4.77. The molecule has 3 nitrogen and oxygen atoms in total. The first-order valence-corrected chi connectivity index (χ1v) is 6.47. The van der Waals surface area contributed by atoms with Crippen molar-refractivity contribution in [3.05, 3.63) is 0 Å². The van der Waals surface area contributed by atoms with E-state index in [4.69, 9.17) is 15.2 Å². The summed E-state index contributed by atoms with van der Waals surface area (Å²) in [4.78, 5) is 0. The van der Waals surface area contributed by atoms with Gasteiger partial charge >= 0.3 is 0 Å². The maximum absolute atomic E-state index is 5.98. The first-order chi connectivity index (χ1) is 7.37. The number of hydrogen-bond donors (Lipinski definition) is 1. The number of nitrogens with two attached hydrogens (primary N) is 1. The highest BCUT2D eigenvalue weighted by molar-refractivity contribution is 4.81. The molecule has 1 fully saturated rings. The summed E-state index contributed by atoms with van der Waals surface area (Å²) >= 11 is 0. The van der Waals surface area contributed by atoms with E-state index in [-0.39, 0.29) is 5.60 Å². The molecule has 1 rings (SSSR count). The van der Waals surface area contributed by atoms with Crippen molar-refractivity contribution in [2.45, 2.75) is 77.2 Å². The lowest BCUT2D eigenvalue weighted by Gasteiger charge is -2.26. The fourth-order valence-corrected chi connectivity index (χ4v) is 2.29. The molecule has 0 bridgehead atoms. The standard InChI is InChI=1S/C13H27NO2/c1-5-7-11(14)8-6-9-13(4)15-10-12(2,3)16-13/h11H,5-10,14H2,1-4H3. The normalized spacial score (nSPS) is 30.6. The van der Waals surface area contributed by atoms with E-state index < -0.39 is 5.79 Å². The Bertz CT molecular complexity index is 218. The molecule has 1 aliphatic rings. The molecule has 0 aromatic carbocycles. The van der Waals surface area contributed by atoms with E-state index in [1.807, 2.05) is 6.92 Å². The Morgan fingerprint density at radius 2 is 1.94 bits per heavy atom. The van der Waals surface area contributed by atoms with E-state index in [2.05, 4.69) is 20.8 Å². The van der Waals surface area contributed by atoms with Gasteiger partial charge in [0.05, 0.1) is 12.2 Å². The van der Waals surface area contributed by atoms with Crippen LogP contribution in [0.15, 0.2) is 0 Å². The predicted octanol–water partition coefficient (Wildman–Crippen LogP) is 2.83. The summed E-state index contributed by atoms with van der Waals surface area (Å²) in [6.07, 6.45) is 5.36. The van der Waals surface area contributed by atoms with Crippen LogP contribution in [-0.4, -0.2) is 24.0 Å². The second-order valence-electron chi connectivity index (χ2n) is 5.73. The van der Waals surface area contributed by atoms with Crippen LogP contribution >= 0.6 is 0 Å². The molecule has 0 amide bonds. The van der Waals surface area contributed by atoms with E-state index in [1.165, 1.54) is 6.42 Å². The molecule has 3 heteroatoms. The highest BCUT2D eigenvalue weighted by Crippen LogP contribution is 2.34. The molecule has 1 saturated heterocycles. The molecule has 2 N–H and O–H groups in total. The van der Waals surface area contributed by atoms with Gasteiger partial charge < -0.3 is 15.2 Å². The zero-order chi connectivity index (χ0) is 12.2. The maximum atomic E-state index is 5.98. The van der Waals surface area contributed by atoms with Crippen LogP contribution in [-0.2, 0) is 9.47 Å². The van der Waals surface area contributed by atoms with E-state index in [0.717, 1.165) is 25.7 Å². The Morgan fingerprint density at radius 1 is 1.25 bits per heavy atom. The van der Waals surface area contributed by atoms with Gasteiger partial charge in [-0.3, -0.25) is 0 Å². The quantitative estimate of drug-likeness (QED) is 0.761. The van der Waals surface area contributed by atoms with Gasteiger partial charge in [0.15, 0.2) is 5.79 Å². The predicted molar refractivity (Wildman–Crippen MR) is 66.3 cm³/mol. The van der Waals surface area contributed by atoms with Gasteiger partial charge in [-0.1, -0.05) is 13.3 Å². The lowest BCUT2D eigenvalue weighted by molar-refractivity contribution is -0.173. The number of ether oxygens (including phenoxy) is 2. The van der Waals surface area contributed by atoms with Crippen LogP contribution < -0.4 is 5.73 Å². The highest BCUT2D eigenvalue weighted by atomic mass is 16.8. The lowest BCUT2D eigenvalue weighted by Crippen LogP contribution is -2.30. The SMILES string of the molecule is CCCC(N)CCCC1(C)OCC(C)(C)O1. The molecular weight excluding hydrogens is 202 g/mol. The fraction of sp³-hybridized carbons (Fsp3) is 1.00. The minimum absolute atomic E-state index is 0.139. The van der Waals surface area contributed by atoms with E-state index in [1.54, 1.807) is 0 Å². The largest absolute Gasteiger partial charge is 0.347 e. The van der Waals surface area contributed by atoms with Crippen LogP contribution in [0.4, 0.5) is 0 Å². The average molecular weight is 229 g/mol. The number of rotatable bonds is 6. The number of hydrogen-bond acceptors (Lipinski definition) is 3. The first-order valence-electron chi connectivity index (χ1n) is 6.47. The molecule has 2 unspecified atom stereocenters. The monoisotopic (exact) mass is 229 g/mol. The van der Waals surface area contributed by atoms with Gasteiger partial charge in [-0.25, -0.2) is 0 Å². The summed E-state index contributed by atoms with van der Waals surface area (Å²) in [7, 11) is 0.